The second-order valence-electron chi connectivity index (χ2n) is 4.83. The van der Waals surface area contributed by atoms with E-state index in [1.807, 2.05) is 29.8 Å². The van der Waals surface area contributed by atoms with Crippen LogP contribution in [0.15, 0.2) is 46.5 Å². The lowest BCUT2D eigenvalue weighted by atomic mass is 10.1. The molecule has 3 aromatic heterocycles. The number of hydrogen-bond acceptors (Lipinski definition) is 4. The van der Waals surface area contributed by atoms with Crippen molar-refractivity contribution in [2.75, 3.05) is 5.32 Å². The Hall–Kier alpha value is -1.88. The van der Waals surface area contributed by atoms with Gasteiger partial charge in [0.2, 0.25) is 0 Å². The summed E-state index contributed by atoms with van der Waals surface area (Å²) in [6, 6.07) is 10.3. The smallest absolute Gasteiger partial charge is 0.126 e. The van der Waals surface area contributed by atoms with Crippen LogP contribution in [0, 0.1) is 11.3 Å². The van der Waals surface area contributed by atoms with Crippen LogP contribution in [0.25, 0.3) is 21.1 Å². The summed E-state index contributed by atoms with van der Waals surface area (Å²) in [4.78, 5) is 8.41. The van der Waals surface area contributed by atoms with E-state index < -0.39 is 0 Å². The van der Waals surface area contributed by atoms with Gasteiger partial charge in [-0.3, -0.25) is 0 Å². The molecule has 0 radical (unpaired) electrons. The molecule has 0 amide bonds. The van der Waals surface area contributed by atoms with Gasteiger partial charge in [0.25, 0.3) is 0 Å². The third-order valence-corrected chi connectivity index (χ3v) is 5.31. The predicted molar refractivity (Wildman–Crippen MR) is 104 cm³/mol. The number of nitrogens with one attached hydrogen (secondary N) is 2. The van der Waals surface area contributed by atoms with Crippen LogP contribution >= 0.6 is 44.2 Å². The number of nitriles is 1. The van der Waals surface area contributed by atoms with Crippen LogP contribution in [0.5, 0.6) is 0 Å². The van der Waals surface area contributed by atoms with Crippen LogP contribution in [0.3, 0.4) is 0 Å². The molecule has 0 saturated carbocycles. The number of hydrogen-bond donors (Lipinski definition) is 2. The maximum Gasteiger partial charge on any atom is 0.126 e. The van der Waals surface area contributed by atoms with Crippen molar-refractivity contribution in [1.82, 2.24) is 9.97 Å². The number of rotatable bonds is 2. The first-order valence-electron chi connectivity index (χ1n) is 6.56. The Morgan fingerprint density at radius 2 is 2.17 bits per heavy atom. The van der Waals surface area contributed by atoms with Gasteiger partial charge in [-0.25, -0.2) is 4.98 Å². The second kappa shape index (κ2) is 6.32. The number of anilines is 2. The van der Waals surface area contributed by atoms with Crippen molar-refractivity contribution in [1.29, 1.82) is 5.26 Å². The quantitative estimate of drug-likeness (QED) is 0.410. The SMILES string of the molecule is Br.N#Cc1cnc2scc(Br)c2c1Nc1ccc2[nH]ccc2c1. The van der Waals surface area contributed by atoms with Crippen molar-refractivity contribution in [3.8, 4) is 6.07 Å². The van der Waals surface area contributed by atoms with Crippen LogP contribution in [-0.2, 0) is 0 Å². The molecule has 7 heteroatoms. The fourth-order valence-corrected chi connectivity index (χ4v) is 4.04. The van der Waals surface area contributed by atoms with E-state index >= 15 is 0 Å². The molecule has 0 bridgehead atoms. The molecule has 3 heterocycles. The number of aromatic nitrogens is 2. The molecular weight excluding hydrogens is 440 g/mol. The highest BCUT2D eigenvalue weighted by atomic mass is 79.9. The molecule has 4 nitrogen and oxygen atoms in total. The average Bonchev–Trinajstić information content (AvgIpc) is 3.14. The lowest BCUT2D eigenvalue weighted by Gasteiger charge is -2.10. The van der Waals surface area contributed by atoms with Crippen molar-refractivity contribution in [2.45, 2.75) is 0 Å². The maximum absolute atomic E-state index is 9.38. The summed E-state index contributed by atoms with van der Waals surface area (Å²) < 4.78 is 0.947. The van der Waals surface area contributed by atoms with E-state index in [0.717, 1.165) is 37.0 Å². The number of halogens is 2. The van der Waals surface area contributed by atoms with Crippen LogP contribution in [-0.4, -0.2) is 9.97 Å². The third kappa shape index (κ3) is 2.74. The van der Waals surface area contributed by atoms with Crippen molar-refractivity contribution < 1.29 is 0 Å². The second-order valence-corrected chi connectivity index (χ2v) is 6.54. The van der Waals surface area contributed by atoms with E-state index in [1.165, 1.54) is 0 Å². The Morgan fingerprint density at radius 1 is 1.30 bits per heavy atom. The Morgan fingerprint density at radius 3 is 3.00 bits per heavy atom. The molecule has 0 saturated heterocycles. The van der Waals surface area contributed by atoms with Gasteiger partial charge in [-0.2, -0.15) is 5.26 Å². The zero-order valence-corrected chi connectivity index (χ0v) is 15.7. The fourth-order valence-electron chi connectivity index (χ4n) is 2.46. The van der Waals surface area contributed by atoms with Crippen LogP contribution in [0.1, 0.15) is 5.56 Å². The van der Waals surface area contributed by atoms with Crippen LogP contribution in [0.4, 0.5) is 11.4 Å². The summed E-state index contributed by atoms with van der Waals surface area (Å²) in [7, 11) is 0. The van der Waals surface area contributed by atoms with Gasteiger partial charge in [0.05, 0.1) is 16.6 Å². The highest BCUT2D eigenvalue weighted by Crippen LogP contribution is 2.38. The van der Waals surface area contributed by atoms with E-state index in [9.17, 15) is 5.26 Å². The zero-order chi connectivity index (χ0) is 15.1. The van der Waals surface area contributed by atoms with E-state index in [1.54, 1.807) is 17.5 Å². The van der Waals surface area contributed by atoms with Gasteiger partial charge in [0, 0.05) is 38.8 Å². The zero-order valence-electron chi connectivity index (χ0n) is 11.6. The molecule has 114 valence electrons. The molecule has 4 rings (SSSR count). The minimum absolute atomic E-state index is 0. The summed E-state index contributed by atoms with van der Waals surface area (Å²) in [6.45, 7) is 0. The van der Waals surface area contributed by atoms with Gasteiger partial charge in [-0.1, -0.05) is 0 Å². The lowest BCUT2D eigenvalue weighted by molar-refractivity contribution is 1.38. The molecule has 2 N–H and O–H groups in total. The van der Waals surface area contributed by atoms with Crippen molar-refractivity contribution in [2.24, 2.45) is 0 Å². The largest absolute Gasteiger partial charge is 0.361 e. The molecular formula is C16H10Br2N4S. The first kappa shape index (κ1) is 16.0. The number of nitrogens with zero attached hydrogens (tertiary/aromatic N) is 2. The third-order valence-electron chi connectivity index (χ3n) is 3.50. The monoisotopic (exact) mass is 448 g/mol. The van der Waals surface area contributed by atoms with E-state index in [0.29, 0.717) is 5.56 Å². The van der Waals surface area contributed by atoms with E-state index in [4.69, 9.17) is 0 Å². The maximum atomic E-state index is 9.38. The number of fused-ring (bicyclic) bond motifs is 2. The van der Waals surface area contributed by atoms with Gasteiger partial charge in [-0.05, 0) is 40.2 Å². The minimum Gasteiger partial charge on any atom is -0.361 e. The predicted octanol–water partition coefficient (Wildman–Crippen LogP) is 5.73. The molecule has 0 aliphatic rings. The molecule has 23 heavy (non-hydrogen) atoms. The normalized spacial score (nSPS) is 10.4. The van der Waals surface area contributed by atoms with Crippen LogP contribution in [0.2, 0.25) is 0 Å². The lowest BCUT2D eigenvalue weighted by Crippen LogP contribution is -1.95. The average molecular weight is 450 g/mol. The topological polar surface area (TPSA) is 64.5 Å². The number of aromatic amines is 1. The van der Waals surface area contributed by atoms with Gasteiger partial charge in [-0.15, -0.1) is 28.3 Å². The molecule has 0 unspecified atom stereocenters. The van der Waals surface area contributed by atoms with E-state index in [2.05, 4.69) is 43.4 Å². The first-order chi connectivity index (χ1) is 10.8. The Bertz CT molecular complexity index is 1050. The van der Waals surface area contributed by atoms with Crippen molar-refractivity contribution >= 4 is 76.7 Å². The van der Waals surface area contributed by atoms with Crippen molar-refractivity contribution in [3.05, 3.63) is 52.1 Å². The number of benzene rings is 1. The summed E-state index contributed by atoms with van der Waals surface area (Å²) >= 11 is 5.09. The number of thiophene rings is 1. The van der Waals surface area contributed by atoms with Gasteiger partial charge in [0.15, 0.2) is 0 Å². The Labute approximate surface area is 155 Å². The van der Waals surface area contributed by atoms with Crippen LogP contribution < -0.4 is 5.32 Å². The standard InChI is InChI=1S/C16H9BrN4S.BrH/c17-12-8-22-16-14(12)15(10(6-18)7-20-16)21-11-1-2-13-9(5-11)3-4-19-13;/h1-5,7-8,19H,(H,20,21);1H. The molecule has 1 aromatic carbocycles. The molecule has 4 aromatic rings. The molecule has 0 aliphatic carbocycles. The van der Waals surface area contributed by atoms with Crippen molar-refractivity contribution in [3.63, 3.8) is 0 Å². The molecule has 0 fully saturated rings. The summed E-state index contributed by atoms with van der Waals surface area (Å²) in [5.74, 6) is 0. The molecule has 0 spiro atoms. The van der Waals surface area contributed by atoms with Gasteiger partial charge >= 0.3 is 0 Å². The fraction of sp³-hybridized carbons (Fsp3) is 0. The highest BCUT2D eigenvalue weighted by Gasteiger charge is 2.14. The summed E-state index contributed by atoms with van der Waals surface area (Å²) in [6.07, 6.45) is 3.53. The molecule has 0 atom stereocenters. The van der Waals surface area contributed by atoms with Gasteiger partial charge in [0.1, 0.15) is 10.9 Å². The summed E-state index contributed by atoms with van der Waals surface area (Å²) in [5.41, 5.74) is 3.34. The summed E-state index contributed by atoms with van der Waals surface area (Å²) in [5, 5.41) is 16.8. The highest BCUT2D eigenvalue weighted by molar-refractivity contribution is 9.10. The first-order valence-corrected chi connectivity index (χ1v) is 8.23. The number of H-pyrrole nitrogens is 1. The van der Waals surface area contributed by atoms with Gasteiger partial charge < -0.3 is 10.3 Å². The molecule has 0 aliphatic heterocycles. The Balaban J connectivity index is 0.00000156. The number of pyridine rings is 1. The Kier molecular flexibility index (Phi) is 4.39. The minimum atomic E-state index is 0. The van der Waals surface area contributed by atoms with E-state index in [-0.39, 0.29) is 17.0 Å².